The minimum Gasteiger partial charge on any atom is -0.339 e. The Morgan fingerprint density at radius 1 is 1.33 bits per heavy atom. The largest absolute Gasteiger partial charge is 0.339 e. The van der Waals surface area contributed by atoms with E-state index in [0.717, 1.165) is 13.1 Å². The molecular weight excluding hydrogens is 273 g/mol. The molecule has 0 saturated carbocycles. The van der Waals surface area contributed by atoms with Crippen LogP contribution in [0.3, 0.4) is 0 Å². The molecule has 5 nitrogen and oxygen atoms in total. The standard InChI is InChI=1S/C15H20FN3O2/c1-11-9-12(16)3-4-13(11)15(21)18(2)10-14(20)19-7-5-17-6-8-19/h3-4,9,17H,5-8,10H2,1-2H3. The molecule has 1 aliphatic rings. The summed E-state index contributed by atoms with van der Waals surface area (Å²) in [6.45, 7) is 4.60. The van der Waals surface area contributed by atoms with E-state index in [-0.39, 0.29) is 24.2 Å². The van der Waals surface area contributed by atoms with Gasteiger partial charge in [-0.25, -0.2) is 4.39 Å². The van der Waals surface area contributed by atoms with Crippen molar-refractivity contribution in [3.05, 3.63) is 35.1 Å². The number of likely N-dealkylation sites (N-methyl/N-ethyl adjacent to an activating group) is 1. The van der Waals surface area contributed by atoms with Gasteiger partial charge in [-0.3, -0.25) is 9.59 Å². The van der Waals surface area contributed by atoms with Crippen molar-refractivity contribution in [3.8, 4) is 0 Å². The lowest BCUT2D eigenvalue weighted by molar-refractivity contribution is -0.132. The zero-order chi connectivity index (χ0) is 15.4. The van der Waals surface area contributed by atoms with E-state index in [0.29, 0.717) is 24.2 Å². The van der Waals surface area contributed by atoms with Crippen LogP contribution in [-0.4, -0.2) is 61.4 Å². The molecule has 0 spiro atoms. The van der Waals surface area contributed by atoms with E-state index >= 15 is 0 Å². The Kier molecular flexibility index (Phi) is 4.90. The van der Waals surface area contributed by atoms with Crippen molar-refractivity contribution in [3.63, 3.8) is 0 Å². The van der Waals surface area contributed by atoms with E-state index in [1.165, 1.54) is 23.1 Å². The van der Waals surface area contributed by atoms with Crippen molar-refractivity contribution in [1.82, 2.24) is 15.1 Å². The number of aryl methyl sites for hydroxylation is 1. The van der Waals surface area contributed by atoms with Crippen molar-refractivity contribution >= 4 is 11.8 Å². The first-order chi connectivity index (χ1) is 9.99. The van der Waals surface area contributed by atoms with Crippen molar-refractivity contribution in [2.75, 3.05) is 39.8 Å². The summed E-state index contributed by atoms with van der Waals surface area (Å²) in [6.07, 6.45) is 0. The Hall–Kier alpha value is -1.95. The molecule has 21 heavy (non-hydrogen) atoms. The molecule has 0 radical (unpaired) electrons. The van der Waals surface area contributed by atoms with Gasteiger partial charge in [0.2, 0.25) is 5.91 Å². The summed E-state index contributed by atoms with van der Waals surface area (Å²) in [6, 6.07) is 4.03. The van der Waals surface area contributed by atoms with Gasteiger partial charge in [0.05, 0.1) is 6.54 Å². The number of benzene rings is 1. The molecule has 1 aromatic rings. The fourth-order valence-electron chi connectivity index (χ4n) is 2.36. The zero-order valence-electron chi connectivity index (χ0n) is 12.4. The lowest BCUT2D eigenvalue weighted by atomic mass is 10.1. The molecule has 0 aromatic heterocycles. The summed E-state index contributed by atoms with van der Waals surface area (Å²) in [5.41, 5.74) is 0.994. The second-order valence-corrected chi connectivity index (χ2v) is 5.25. The van der Waals surface area contributed by atoms with E-state index in [9.17, 15) is 14.0 Å². The zero-order valence-corrected chi connectivity index (χ0v) is 12.4. The van der Waals surface area contributed by atoms with Crippen LogP contribution in [-0.2, 0) is 4.79 Å². The maximum absolute atomic E-state index is 13.1. The van der Waals surface area contributed by atoms with Crippen LogP contribution >= 0.6 is 0 Å². The first-order valence-corrected chi connectivity index (χ1v) is 6.99. The van der Waals surface area contributed by atoms with Gasteiger partial charge in [0.15, 0.2) is 0 Å². The smallest absolute Gasteiger partial charge is 0.254 e. The van der Waals surface area contributed by atoms with Gasteiger partial charge < -0.3 is 15.1 Å². The molecule has 6 heteroatoms. The van der Waals surface area contributed by atoms with Gasteiger partial charge in [0, 0.05) is 38.8 Å². The number of piperazine rings is 1. The van der Waals surface area contributed by atoms with Gasteiger partial charge in [-0.1, -0.05) is 0 Å². The minimum absolute atomic E-state index is 0.0374. The highest BCUT2D eigenvalue weighted by molar-refractivity contribution is 5.97. The maximum Gasteiger partial charge on any atom is 0.254 e. The van der Waals surface area contributed by atoms with Crippen LogP contribution < -0.4 is 5.32 Å². The van der Waals surface area contributed by atoms with Crippen LogP contribution in [0.25, 0.3) is 0 Å². The predicted molar refractivity (Wildman–Crippen MR) is 77.5 cm³/mol. The van der Waals surface area contributed by atoms with Crippen molar-refractivity contribution in [2.24, 2.45) is 0 Å². The lowest BCUT2D eigenvalue weighted by Crippen LogP contribution is -2.49. The topological polar surface area (TPSA) is 52.7 Å². The third-order valence-electron chi connectivity index (χ3n) is 3.61. The number of halogens is 1. The quantitative estimate of drug-likeness (QED) is 0.890. The van der Waals surface area contributed by atoms with Gasteiger partial charge >= 0.3 is 0 Å². The maximum atomic E-state index is 13.1. The number of amides is 2. The summed E-state index contributed by atoms with van der Waals surface area (Å²) in [5, 5.41) is 3.17. The second-order valence-electron chi connectivity index (χ2n) is 5.25. The van der Waals surface area contributed by atoms with Crippen LogP contribution in [0.4, 0.5) is 4.39 Å². The highest BCUT2D eigenvalue weighted by atomic mass is 19.1. The third-order valence-corrected chi connectivity index (χ3v) is 3.61. The van der Waals surface area contributed by atoms with Gasteiger partial charge in [-0.2, -0.15) is 0 Å². The molecule has 1 N–H and O–H groups in total. The number of hydrogen-bond acceptors (Lipinski definition) is 3. The molecule has 1 aromatic carbocycles. The molecule has 114 valence electrons. The van der Waals surface area contributed by atoms with E-state index < -0.39 is 0 Å². The van der Waals surface area contributed by atoms with E-state index in [2.05, 4.69) is 5.32 Å². The Morgan fingerprint density at radius 2 is 2.00 bits per heavy atom. The van der Waals surface area contributed by atoms with Gasteiger partial charge in [0.1, 0.15) is 5.82 Å². The molecule has 0 unspecified atom stereocenters. The summed E-state index contributed by atoms with van der Waals surface area (Å²) in [5.74, 6) is -0.702. The lowest BCUT2D eigenvalue weighted by Gasteiger charge is -2.29. The fourth-order valence-corrected chi connectivity index (χ4v) is 2.36. The van der Waals surface area contributed by atoms with Crippen LogP contribution in [0.5, 0.6) is 0 Å². The molecule has 2 amide bonds. The summed E-state index contributed by atoms with van der Waals surface area (Å²) < 4.78 is 13.1. The van der Waals surface area contributed by atoms with E-state index in [1.807, 2.05) is 0 Å². The fraction of sp³-hybridized carbons (Fsp3) is 0.467. The molecular formula is C15H20FN3O2. The highest BCUT2D eigenvalue weighted by Crippen LogP contribution is 2.12. The number of nitrogens with zero attached hydrogens (tertiary/aromatic N) is 2. The average Bonchev–Trinajstić information content (AvgIpc) is 2.47. The predicted octanol–water partition coefficient (Wildman–Crippen LogP) is 0.638. The molecule has 1 fully saturated rings. The number of rotatable bonds is 3. The summed E-state index contributed by atoms with van der Waals surface area (Å²) in [7, 11) is 1.59. The van der Waals surface area contributed by atoms with E-state index in [4.69, 9.17) is 0 Å². The first-order valence-electron chi connectivity index (χ1n) is 6.99. The highest BCUT2D eigenvalue weighted by Gasteiger charge is 2.21. The Balaban J connectivity index is 2.00. The van der Waals surface area contributed by atoms with Crippen LogP contribution in [0.2, 0.25) is 0 Å². The average molecular weight is 293 g/mol. The van der Waals surface area contributed by atoms with Crippen LogP contribution in [0.15, 0.2) is 18.2 Å². The van der Waals surface area contributed by atoms with Crippen LogP contribution in [0.1, 0.15) is 15.9 Å². The normalized spacial score (nSPS) is 14.9. The Morgan fingerprint density at radius 3 is 2.62 bits per heavy atom. The van der Waals surface area contributed by atoms with Crippen molar-refractivity contribution < 1.29 is 14.0 Å². The molecule has 1 heterocycles. The van der Waals surface area contributed by atoms with Crippen molar-refractivity contribution in [2.45, 2.75) is 6.92 Å². The summed E-state index contributed by atoms with van der Waals surface area (Å²) in [4.78, 5) is 27.6. The molecule has 0 aliphatic carbocycles. The molecule has 0 atom stereocenters. The number of carbonyl (C=O) groups excluding carboxylic acids is 2. The second kappa shape index (κ2) is 6.67. The Bertz CT molecular complexity index is 542. The molecule has 0 bridgehead atoms. The number of hydrogen-bond donors (Lipinski definition) is 1. The number of nitrogens with one attached hydrogen (secondary N) is 1. The first kappa shape index (κ1) is 15.4. The van der Waals surface area contributed by atoms with E-state index in [1.54, 1.807) is 18.9 Å². The van der Waals surface area contributed by atoms with Gasteiger partial charge in [-0.15, -0.1) is 0 Å². The van der Waals surface area contributed by atoms with Crippen LogP contribution in [0, 0.1) is 12.7 Å². The minimum atomic E-state index is -0.372. The van der Waals surface area contributed by atoms with Crippen molar-refractivity contribution in [1.29, 1.82) is 0 Å². The Labute approximate surface area is 123 Å². The third kappa shape index (κ3) is 3.78. The van der Waals surface area contributed by atoms with Gasteiger partial charge in [0.25, 0.3) is 5.91 Å². The molecule has 1 aliphatic heterocycles. The monoisotopic (exact) mass is 293 g/mol. The molecule has 1 saturated heterocycles. The molecule has 2 rings (SSSR count). The SMILES string of the molecule is Cc1cc(F)ccc1C(=O)N(C)CC(=O)N1CCNCC1. The van der Waals surface area contributed by atoms with Gasteiger partial charge in [-0.05, 0) is 30.7 Å². The summed E-state index contributed by atoms with van der Waals surface area (Å²) >= 11 is 0. The number of carbonyl (C=O) groups is 2.